The van der Waals surface area contributed by atoms with Gasteiger partial charge in [0.15, 0.2) is 0 Å². The van der Waals surface area contributed by atoms with E-state index in [1.54, 1.807) is 19.1 Å². The summed E-state index contributed by atoms with van der Waals surface area (Å²) < 4.78 is 0. The number of carbonyl (C=O) groups is 2. The number of hydrogen-bond acceptors (Lipinski definition) is 4. The third-order valence-electron chi connectivity index (χ3n) is 2.79. The number of carbonyl (C=O) groups excluding carboxylic acids is 2. The Hall–Kier alpha value is -2.70. The lowest BCUT2D eigenvalue weighted by molar-refractivity contribution is -0.385. The Bertz CT molecular complexity index is 621. The van der Waals surface area contributed by atoms with E-state index in [0.717, 1.165) is 10.5 Å². The fourth-order valence-corrected chi connectivity index (χ4v) is 1.77. The number of nitro groups is 1. The zero-order valence-corrected chi connectivity index (χ0v) is 10.3. The van der Waals surface area contributed by atoms with Crippen molar-refractivity contribution in [3.05, 3.63) is 45.1 Å². The van der Waals surface area contributed by atoms with Crippen LogP contribution in [0.5, 0.6) is 0 Å². The van der Waals surface area contributed by atoms with Crippen LogP contribution in [0.15, 0.2) is 23.9 Å². The highest BCUT2D eigenvalue weighted by atomic mass is 16.6. The van der Waals surface area contributed by atoms with Gasteiger partial charge in [0.25, 0.3) is 11.6 Å². The molecule has 0 bridgehead atoms. The molecule has 0 aromatic heterocycles. The molecule has 0 aliphatic carbocycles. The fraction of sp³-hybridized carbons (Fsp3) is 0.167. The van der Waals surface area contributed by atoms with Gasteiger partial charge in [0.05, 0.1) is 10.5 Å². The van der Waals surface area contributed by atoms with E-state index < -0.39 is 16.9 Å². The Kier molecular flexibility index (Phi) is 3.04. The van der Waals surface area contributed by atoms with Crippen molar-refractivity contribution in [2.45, 2.75) is 6.92 Å². The summed E-state index contributed by atoms with van der Waals surface area (Å²) in [7, 11) is 1.42. The number of benzene rings is 1. The molecule has 1 aliphatic heterocycles. The number of likely N-dealkylation sites (N-methyl/N-ethyl adjacent to an activating group) is 1. The molecule has 1 saturated heterocycles. The molecule has 2 rings (SSSR count). The summed E-state index contributed by atoms with van der Waals surface area (Å²) in [5.74, 6) is -0.566. The van der Waals surface area contributed by atoms with E-state index in [4.69, 9.17) is 0 Å². The van der Waals surface area contributed by atoms with Gasteiger partial charge >= 0.3 is 6.03 Å². The second kappa shape index (κ2) is 4.52. The van der Waals surface area contributed by atoms with Gasteiger partial charge in [-0.3, -0.25) is 25.1 Å². The maximum absolute atomic E-state index is 11.6. The summed E-state index contributed by atoms with van der Waals surface area (Å²) in [5, 5.41) is 13.0. The van der Waals surface area contributed by atoms with E-state index in [0.29, 0.717) is 0 Å². The van der Waals surface area contributed by atoms with Gasteiger partial charge in [-0.15, -0.1) is 0 Å². The van der Waals surface area contributed by atoms with Gasteiger partial charge in [-0.1, -0.05) is 11.6 Å². The fourth-order valence-electron chi connectivity index (χ4n) is 1.77. The van der Waals surface area contributed by atoms with E-state index in [1.807, 2.05) is 0 Å². The third-order valence-corrected chi connectivity index (χ3v) is 2.79. The smallest absolute Gasteiger partial charge is 0.292 e. The molecule has 1 aromatic carbocycles. The minimum atomic E-state index is -0.566. The molecule has 1 aliphatic rings. The average Bonchev–Trinajstić information content (AvgIpc) is 2.56. The van der Waals surface area contributed by atoms with Crippen LogP contribution in [-0.4, -0.2) is 28.8 Å². The summed E-state index contributed by atoms with van der Waals surface area (Å²) in [6, 6.07) is 4.03. The van der Waals surface area contributed by atoms with Crippen LogP contribution >= 0.6 is 0 Å². The van der Waals surface area contributed by atoms with E-state index >= 15 is 0 Å². The number of aryl methyl sites for hydroxylation is 1. The maximum Gasteiger partial charge on any atom is 0.328 e. The molecule has 1 heterocycles. The number of amides is 3. The van der Waals surface area contributed by atoms with Gasteiger partial charge in [-0.2, -0.15) is 0 Å². The first-order valence-corrected chi connectivity index (χ1v) is 5.46. The zero-order valence-electron chi connectivity index (χ0n) is 10.3. The molecule has 7 nitrogen and oxygen atoms in total. The van der Waals surface area contributed by atoms with Gasteiger partial charge in [-0.05, 0) is 19.1 Å². The minimum absolute atomic E-state index is 0.0821. The van der Waals surface area contributed by atoms with Crippen LogP contribution < -0.4 is 5.32 Å². The molecule has 0 unspecified atom stereocenters. The number of rotatable bonds is 2. The molecule has 0 radical (unpaired) electrons. The molecule has 1 N–H and O–H groups in total. The molecule has 98 valence electrons. The molecule has 1 aromatic rings. The molecule has 0 saturated carbocycles. The van der Waals surface area contributed by atoms with Gasteiger partial charge in [-0.25, -0.2) is 4.79 Å². The van der Waals surface area contributed by atoms with E-state index in [1.165, 1.54) is 19.2 Å². The SMILES string of the molecule is Cc1ccc([N+](=O)[O-])c(/C=C2/C(=O)NC(=O)N2C)c1. The summed E-state index contributed by atoms with van der Waals surface area (Å²) in [6.45, 7) is 1.79. The molecular formula is C12H11N3O4. The van der Waals surface area contributed by atoms with E-state index in [-0.39, 0.29) is 16.9 Å². The van der Waals surface area contributed by atoms with Crippen molar-refractivity contribution in [1.82, 2.24) is 10.2 Å². The number of nitrogens with one attached hydrogen (secondary N) is 1. The summed E-state index contributed by atoms with van der Waals surface area (Å²) >= 11 is 0. The van der Waals surface area contributed by atoms with Crippen LogP contribution in [0, 0.1) is 17.0 Å². The van der Waals surface area contributed by atoms with Crippen LogP contribution in [-0.2, 0) is 4.79 Å². The number of nitro benzene ring substituents is 1. The minimum Gasteiger partial charge on any atom is -0.292 e. The topological polar surface area (TPSA) is 92.5 Å². The van der Waals surface area contributed by atoms with Crippen LogP contribution in [0.1, 0.15) is 11.1 Å². The largest absolute Gasteiger partial charge is 0.328 e. The van der Waals surface area contributed by atoms with Crippen LogP contribution in [0.25, 0.3) is 6.08 Å². The molecule has 1 fully saturated rings. The Labute approximate surface area is 108 Å². The lowest BCUT2D eigenvalue weighted by Gasteiger charge is -2.07. The normalized spacial score (nSPS) is 16.9. The Morgan fingerprint density at radius 2 is 2.05 bits per heavy atom. The highest BCUT2D eigenvalue weighted by Gasteiger charge is 2.30. The predicted octanol–water partition coefficient (Wildman–Crippen LogP) is 1.43. The third kappa shape index (κ3) is 2.30. The van der Waals surface area contributed by atoms with Crippen LogP contribution in [0.3, 0.4) is 0 Å². The zero-order chi connectivity index (χ0) is 14.2. The second-order valence-electron chi connectivity index (χ2n) is 4.17. The van der Waals surface area contributed by atoms with Crippen molar-refractivity contribution >= 4 is 23.7 Å². The van der Waals surface area contributed by atoms with Gasteiger partial charge in [0, 0.05) is 13.1 Å². The monoisotopic (exact) mass is 261 g/mol. The van der Waals surface area contributed by atoms with Gasteiger partial charge in [0.2, 0.25) is 0 Å². The lowest BCUT2D eigenvalue weighted by atomic mass is 10.1. The standard InChI is InChI=1S/C12H11N3O4/c1-7-3-4-9(15(18)19)8(5-7)6-10-11(16)13-12(17)14(10)2/h3-6H,1-2H3,(H,13,16,17)/b10-6-. The van der Waals surface area contributed by atoms with Crippen molar-refractivity contribution < 1.29 is 14.5 Å². The molecule has 3 amide bonds. The molecule has 0 atom stereocenters. The van der Waals surface area contributed by atoms with E-state index in [2.05, 4.69) is 5.32 Å². The number of imide groups is 1. The van der Waals surface area contributed by atoms with Crippen LogP contribution in [0.2, 0.25) is 0 Å². The molecule has 19 heavy (non-hydrogen) atoms. The highest BCUT2D eigenvalue weighted by Crippen LogP contribution is 2.24. The molecule has 0 spiro atoms. The van der Waals surface area contributed by atoms with Crippen molar-refractivity contribution in [2.24, 2.45) is 0 Å². The van der Waals surface area contributed by atoms with E-state index in [9.17, 15) is 19.7 Å². The Morgan fingerprint density at radius 1 is 1.37 bits per heavy atom. The lowest BCUT2D eigenvalue weighted by Crippen LogP contribution is -2.24. The van der Waals surface area contributed by atoms with Crippen LogP contribution in [0.4, 0.5) is 10.5 Å². The molecular weight excluding hydrogens is 250 g/mol. The first-order valence-electron chi connectivity index (χ1n) is 5.46. The van der Waals surface area contributed by atoms with Crippen molar-refractivity contribution in [3.63, 3.8) is 0 Å². The second-order valence-corrected chi connectivity index (χ2v) is 4.17. The Balaban J connectivity index is 2.54. The number of nitrogens with zero attached hydrogens (tertiary/aromatic N) is 2. The summed E-state index contributed by atoms with van der Waals surface area (Å²) in [6.07, 6.45) is 1.34. The first-order chi connectivity index (χ1) is 8.90. The summed E-state index contributed by atoms with van der Waals surface area (Å²) in [5.41, 5.74) is 1.08. The molecule has 7 heteroatoms. The van der Waals surface area contributed by atoms with Gasteiger partial charge < -0.3 is 0 Å². The van der Waals surface area contributed by atoms with Crippen molar-refractivity contribution in [3.8, 4) is 0 Å². The first kappa shape index (κ1) is 12.7. The maximum atomic E-state index is 11.6. The highest BCUT2D eigenvalue weighted by molar-refractivity contribution is 6.14. The quantitative estimate of drug-likeness (QED) is 0.377. The Morgan fingerprint density at radius 3 is 2.58 bits per heavy atom. The average molecular weight is 261 g/mol. The summed E-state index contributed by atoms with van der Waals surface area (Å²) in [4.78, 5) is 34.4. The predicted molar refractivity (Wildman–Crippen MR) is 67.1 cm³/mol. The number of urea groups is 1. The van der Waals surface area contributed by atoms with Crippen molar-refractivity contribution in [1.29, 1.82) is 0 Å². The number of hydrogen-bond donors (Lipinski definition) is 1. The van der Waals surface area contributed by atoms with Gasteiger partial charge in [0.1, 0.15) is 5.70 Å². The van der Waals surface area contributed by atoms with Crippen molar-refractivity contribution in [2.75, 3.05) is 7.05 Å².